The molecular formula is C15H13N3S. The van der Waals surface area contributed by atoms with Crippen molar-refractivity contribution in [1.82, 2.24) is 9.97 Å². The maximum Gasteiger partial charge on any atom is 0.172 e. The monoisotopic (exact) mass is 267 g/mol. The van der Waals surface area contributed by atoms with Crippen molar-refractivity contribution in [3.8, 4) is 22.0 Å². The van der Waals surface area contributed by atoms with Gasteiger partial charge in [0.25, 0.3) is 0 Å². The second-order valence-corrected chi connectivity index (χ2v) is 5.20. The van der Waals surface area contributed by atoms with Gasteiger partial charge in [0.1, 0.15) is 5.82 Å². The van der Waals surface area contributed by atoms with Crippen LogP contribution < -0.4 is 5.73 Å². The lowest BCUT2D eigenvalue weighted by atomic mass is 10.1. The van der Waals surface area contributed by atoms with Gasteiger partial charge in [-0.15, -0.1) is 11.3 Å². The third-order valence-electron chi connectivity index (χ3n) is 2.97. The molecule has 0 radical (unpaired) electrons. The van der Waals surface area contributed by atoms with Crippen LogP contribution in [0, 0.1) is 6.92 Å². The van der Waals surface area contributed by atoms with Crippen molar-refractivity contribution in [3.05, 3.63) is 53.4 Å². The van der Waals surface area contributed by atoms with E-state index in [2.05, 4.69) is 9.97 Å². The Labute approximate surface area is 115 Å². The molecule has 0 amide bonds. The Kier molecular flexibility index (Phi) is 3.01. The van der Waals surface area contributed by atoms with Crippen molar-refractivity contribution in [1.29, 1.82) is 0 Å². The molecule has 0 atom stereocenters. The molecular weight excluding hydrogens is 254 g/mol. The standard InChI is InChI=1S/C15H13N3S/c1-10-13(11-6-3-2-4-7-11)17-15(18-14(10)16)12-8-5-9-19-12/h2-9H,1H3,(H2,16,17,18). The molecule has 0 bridgehead atoms. The van der Waals surface area contributed by atoms with E-state index in [0.717, 1.165) is 21.7 Å². The van der Waals surface area contributed by atoms with Gasteiger partial charge in [0.05, 0.1) is 10.6 Å². The van der Waals surface area contributed by atoms with Crippen molar-refractivity contribution < 1.29 is 0 Å². The van der Waals surface area contributed by atoms with E-state index in [4.69, 9.17) is 5.73 Å². The summed E-state index contributed by atoms with van der Waals surface area (Å²) in [5.74, 6) is 1.23. The fourth-order valence-electron chi connectivity index (χ4n) is 1.93. The molecule has 0 saturated heterocycles. The van der Waals surface area contributed by atoms with Gasteiger partial charge in [0.2, 0.25) is 0 Å². The highest BCUT2D eigenvalue weighted by molar-refractivity contribution is 7.13. The molecule has 3 aromatic rings. The van der Waals surface area contributed by atoms with E-state index < -0.39 is 0 Å². The summed E-state index contributed by atoms with van der Waals surface area (Å²) in [6.45, 7) is 1.95. The summed E-state index contributed by atoms with van der Waals surface area (Å²) in [4.78, 5) is 10.1. The SMILES string of the molecule is Cc1c(N)nc(-c2cccs2)nc1-c1ccccc1. The number of benzene rings is 1. The molecule has 0 fully saturated rings. The molecule has 0 unspecified atom stereocenters. The van der Waals surface area contributed by atoms with Crippen LogP contribution in [0.15, 0.2) is 47.8 Å². The van der Waals surface area contributed by atoms with Crippen molar-refractivity contribution in [3.63, 3.8) is 0 Å². The molecule has 2 N–H and O–H groups in total. The van der Waals surface area contributed by atoms with Crippen LogP contribution in [0.5, 0.6) is 0 Å². The number of hydrogen-bond acceptors (Lipinski definition) is 4. The summed E-state index contributed by atoms with van der Waals surface area (Å²) >= 11 is 1.61. The van der Waals surface area contributed by atoms with Crippen molar-refractivity contribution in [2.75, 3.05) is 5.73 Å². The molecule has 19 heavy (non-hydrogen) atoms. The van der Waals surface area contributed by atoms with Crippen molar-refractivity contribution >= 4 is 17.2 Å². The van der Waals surface area contributed by atoms with E-state index in [1.165, 1.54) is 0 Å². The second kappa shape index (κ2) is 4.82. The van der Waals surface area contributed by atoms with Crippen LogP contribution in [-0.4, -0.2) is 9.97 Å². The smallest absolute Gasteiger partial charge is 0.172 e. The van der Waals surface area contributed by atoms with Crippen LogP contribution in [0.4, 0.5) is 5.82 Å². The van der Waals surface area contributed by atoms with Gasteiger partial charge in [-0.2, -0.15) is 0 Å². The lowest BCUT2D eigenvalue weighted by Gasteiger charge is -2.09. The van der Waals surface area contributed by atoms with E-state index in [-0.39, 0.29) is 0 Å². The summed E-state index contributed by atoms with van der Waals surface area (Å²) in [6, 6.07) is 14.0. The Balaban J connectivity index is 2.20. The predicted octanol–water partition coefficient (Wildman–Crippen LogP) is 3.76. The number of nitrogen functional groups attached to an aromatic ring is 1. The zero-order valence-electron chi connectivity index (χ0n) is 10.5. The zero-order chi connectivity index (χ0) is 13.2. The largest absolute Gasteiger partial charge is 0.383 e. The Morgan fingerprint density at radius 1 is 1.00 bits per heavy atom. The van der Waals surface area contributed by atoms with E-state index in [0.29, 0.717) is 11.6 Å². The van der Waals surface area contributed by atoms with Crippen molar-refractivity contribution in [2.45, 2.75) is 6.92 Å². The molecule has 2 heterocycles. The summed E-state index contributed by atoms with van der Waals surface area (Å²) in [5, 5.41) is 2.01. The van der Waals surface area contributed by atoms with Gasteiger partial charge < -0.3 is 5.73 Å². The number of rotatable bonds is 2. The average Bonchev–Trinajstić information content (AvgIpc) is 2.97. The molecule has 94 valence electrons. The Hall–Kier alpha value is -2.20. The van der Waals surface area contributed by atoms with E-state index >= 15 is 0 Å². The number of nitrogens with two attached hydrogens (primary N) is 1. The maximum absolute atomic E-state index is 6.02. The lowest BCUT2D eigenvalue weighted by Crippen LogP contribution is -2.01. The highest BCUT2D eigenvalue weighted by atomic mass is 32.1. The third-order valence-corrected chi connectivity index (χ3v) is 3.84. The van der Waals surface area contributed by atoms with Gasteiger partial charge in [-0.1, -0.05) is 36.4 Å². The minimum atomic E-state index is 0.539. The van der Waals surface area contributed by atoms with Crippen LogP contribution >= 0.6 is 11.3 Å². The van der Waals surface area contributed by atoms with E-state index in [1.807, 2.05) is 54.8 Å². The molecule has 3 nitrogen and oxygen atoms in total. The van der Waals surface area contributed by atoms with Crippen molar-refractivity contribution in [2.24, 2.45) is 0 Å². The van der Waals surface area contributed by atoms with Gasteiger partial charge in [-0.3, -0.25) is 0 Å². The Morgan fingerprint density at radius 2 is 1.79 bits per heavy atom. The first-order valence-corrected chi connectivity index (χ1v) is 6.87. The van der Waals surface area contributed by atoms with E-state index in [9.17, 15) is 0 Å². The summed E-state index contributed by atoms with van der Waals surface area (Å²) in [6.07, 6.45) is 0. The van der Waals surface area contributed by atoms with E-state index in [1.54, 1.807) is 11.3 Å². The normalized spacial score (nSPS) is 10.6. The Morgan fingerprint density at radius 3 is 2.47 bits per heavy atom. The number of hydrogen-bond donors (Lipinski definition) is 1. The fourth-order valence-corrected chi connectivity index (χ4v) is 2.58. The molecule has 2 aromatic heterocycles. The van der Waals surface area contributed by atoms with Crippen LogP contribution in [0.25, 0.3) is 22.0 Å². The summed E-state index contributed by atoms with van der Waals surface area (Å²) < 4.78 is 0. The first-order valence-electron chi connectivity index (χ1n) is 5.99. The first-order chi connectivity index (χ1) is 9.25. The number of aromatic nitrogens is 2. The van der Waals surface area contributed by atoms with Gasteiger partial charge in [0.15, 0.2) is 5.82 Å². The number of anilines is 1. The van der Waals surface area contributed by atoms with Gasteiger partial charge in [-0.25, -0.2) is 9.97 Å². The van der Waals surface area contributed by atoms with Crippen LogP contribution in [-0.2, 0) is 0 Å². The molecule has 0 aliphatic rings. The molecule has 0 spiro atoms. The first kappa shape index (κ1) is 11.9. The average molecular weight is 267 g/mol. The van der Waals surface area contributed by atoms with Gasteiger partial charge in [-0.05, 0) is 18.4 Å². The molecule has 4 heteroatoms. The molecule has 1 aromatic carbocycles. The lowest BCUT2D eigenvalue weighted by molar-refractivity contribution is 1.16. The third kappa shape index (κ3) is 2.22. The van der Waals surface area contributed by atoms with Gasteiger partial charge >= 0.3 is 0 Å². The minimum Gasteiger partial charge on any atom is -0.383 e. The summed E-state index contributed by atoms with van der Waals surface area (Å²) in [7, 11) is 0. The zero-order valence-corrected chi connectivity index (χ0v) is 11.3. The number of thiophene rings is 1. The Bertz CT molecular complexity index is 691. The minimum absolute atomic E-state index is 0.539. The van der Waals surface area contributed by atoms with Gasteiger partial charge in [0, 0.05) is 11.1 Å². The molecule has 0 aliphatic carbocycles. The topological polar surface area (TPSA) is 51.8 Å². The van der Waals surface area contributed by atoms with Crippen LogP contribution in [0.1, 0.15) is 5.56 Å². The molecule has 3 rings (SSSR count). The highest BCUT2D eigenvalue weighted by Crippen LogP contribution is 2.29. The molecule has 0 saturated carbocycles. The van der Waals surface area contributed by atoms with Crippen LogP contribution in [0.2, 0.25) is 0 Å². The molecule has 0 aliphatic heterocycles. The van der Waals surface area contributed by atoms with Crippen LogP contribution in [0.3, 0.4) is 0 Å². The second-order valence-electron chi connectivity index (χ2n) is 4.25. The quantitative estimate of drug-likeness (QED) is 0.769. The highest BCUT2D eigenvalue weighted by Gasteiger charge is 2.12. The number of nitrogens with zero attached hydrogens (tertiary/aromatic N) is 2. The summed E-state index contributed by atoms with van der Waals surface area (Å²) in [5.41, 5.74) is 8.90. The maximum atomic E-state index is 6.02. The predicted molar refractivity (Wildman–Crippen MR) is 79.9 cm³/mol. The fraction of sp³-hybridized carbons (Fsp3) is 0.0667.